The lowest BCUT2D eigenvalue weighted by atomic mass is 9.76. The molecule has 1 fully saturated rings. The van der Waals surface area contributed by atoms with Gasteiger partial charge in [0.15, 0.2) is 0 Å². The number of thiophene rings is 1. The second-order valence-corrected chi connectivity index (χ2v) is 13.1. The fourth-order valence-electron chi connectivity index (χ4n) is 5.91. The van der Waals surface area contributed by atoms with Gasteiger partial charge in [0.05, 0.1) is 11.2 Å². The molecular weight excluding hydrogens is 523 g/mol. The normalized spacial score (nSPS) is 16.4. The molecule has 0 N–H and O–H groups in total. The van der Waals surface area contributed by atoms with E-state index < -0.39 is 18.3 Å². The van der Waals surface area contributed by atoms with E-state index in [4.69, 9.17) is 13.7 Å². The van der Waals surface area contributed by atoms with Crippen LogP contribution in [0.2, 0.25) is 0 Å². The fraction of sp³-hybridized carbons (Fsp3) is 0.167. The van der Waals surface area contributed by atoms with Gasteiger partial charge in [0, 0.05) is 30.9 Å². The van der Waals surface area contributed by atoms with Gasteiger partial charge in [-0.15, -0.1) is 11.3 Å². The van der Waals surface area contributed by atoms with E-state index in [1.54, 1.807) is 0 Å². The topological polar surface area (TPSA) is 31.6 Å². The van der Waals surface area contributed by atoms with E-state index in [1.165, 1.54) is 25.7 Å². The predicted octanol–water partition coefficient (Wildman–Crippen LogP) is 9.59. The van der Waals surface area contributed by atoms with Crippen LogP contribution in [-0.4, -0.2) is 18.3 Å². The number of para-hydroxylation sites is 1. The quantitative estimate of drug-likeness (QED) is 0.205. The zero-order valence-electron chi connectivity index (χ0n) is 23.5. The van der Waals surface area contributed by atoms with Crippen molar-refractivity contribution in [3.8, 4) is 22.3 Å². The highest BCUT2D eigenvalue weighted by molar-refractivity contribution is 7.25. The molecule has 5 aromatic carbocycles. The van der Waals surface area contributed by atoms with Gasteiger partial charge in [0.2, 0.25) is 0 Å². The van der Waals surface area contributed by atoms with E-state index >= 15 is 0 Å². The maximum absolute atomic E-state index is 6.51. The summed E-state index contributed by atoms with van der Waals surface area (Å²) in [6, 6.07) is 36.8. The molecule has 1 aliphatic heterocycles. The standard InChI is InChI=1S/C36H29BO3S/c1-35(2)36(3,4)40-37(39-35)26-18-24(22-13-15-28-27-9-5-7-11-31(27)38-32(28)20-22)17-25(19-26)23-14-16-30-29-10-6-8-12-33(29)41-34(30)21-23/h5-21H,1-4H3. The van der Waals surface area contributed by atoms with Crippen LogP contribution >= 0.6 is 11.3 Å². The van der Waals surface area contributed by atoms with E-state index in [0.717, 1.165) is 44.1 Å². The first kappa shape index (κ1) is 24.9. The minimum Gasteiger partial charge on any atom is -0.456 e. The summed E-state index contributed by atoms with van der Waals surface area (Å²) >= 11 is 1.84. The third kappa shape index (κ3) is 3.95. The van der Waals surface area contributed by atoms with Gasteiger partial charge in [0.1, 0.15) is 11.2 Å². The monoisotopic (exact) mass is 552 g/mol. The van der Waals surface area contributed by atoms with Gasteiger partial charge in [-0.1, -0.05) is 66.7 Å². The summed E-state index contributed by atoms with van der Waals surface area (Å²) in [5.74, 6) is 0. The van der Waals surface area contributed by atoms with Crippen LogP contribution in [0.4, 0.5) is 0 Å². The summed E-state index contributed by atoms with van der Waals surface area (Å²) in [7, 11) is -0.457. The highest BCUT2D eigenvalue weighted by Gasteiger charge is 2.51. The van der Waals surface area contributed by atoms with Crippen LogP contribution in [0.15, 0.2) is 108 Å². The van der Waals surface area contributed by atoms with Crippen LogP contribution in [-0.2, 0) is 9.31 Å². The highest BCUT2D eigenvalue weighted by atomic mass is 32.1. The predicted molar refractivity (Wildman–Crippen MR) is 173 cm³/mol. The van der Waals surface area contributed by atoms with Crippen LogP contribution < -0.4 is 5.46 Å². The van der Waals surface area contributed by atoms with E-state index in [1.807, 2.05) is 23.5 Å². The first-order chi connectivity index (χ1) is 19.8. The molecule has 0 unspecified atom stereocenters. The maximum atomic E-state index is 6.51. The van der Waals surface area contributed by atoms with Gasteiger partial charge in [-0.2, -0.15) is 0 Å². The molecule has 0 spiro atoms. The van der Waals surface area contributed by atoms with Gasteiger partial charge in [-0.3, -0.25) is 0 Å². The molecule has 0 aliphatic carbocycles. The molecule has 41 heavy (non-hydrogen) atoms. The Morgan fingerprint density at radius 2 is 1.10 bits per heavy atom. The highest BCUT2D eigenvalue weighted by Crippen LogP contribution is 2.40. The number of hydrogen-bond donors (Lipinski definition) is 0. The Balaban J connectivity index is 1.30. The summed E-state index contributed by atoms with van der Waals surface area (Å²) in [5.41, 5.74) is 6.47. The average molecular weight is 553 g/mol. The summed E-state index contributed by atoms with van der Waals surface area (Å²) in [6.45, 7) is 8.40. The molecule has 5 heteroatoms. The maximum Gasteiger partial charge on any atom is 0.494 e. The molecule has 200 valence electrons. The number of hydrogen-bond acceptors (Lipinski definition) is 4. The molecule has 0 bridgehead atoms. The summed E-state index contributed by atoms with van der Waals surface area (Å²) in [4.78, 5) is 0. The van der Waals surface area contributed by atoms with E-state index in [9.17, 15) is 0 Å². The van der Waals surface area contributed by atoms with Gasteiger partial charge < -0.3 is 13.7 Å². The summed E-state index contributed by atoms with van der Waals surface area (Å²) in [6.07, 6.45) is 0. The lowest BCUT2D eigenvalue weighted by Crippen LogP contribution is -2.41. The number of fused-ring (bicyclic) bond motifs is 6. The first-order valence-electron chi connectivity index (χ1n) is 14.1. The van der Waals surface area contributed by atoms with Gasteiger partial charge in [0.25, 0.3) is 0 Å². The molecule has 3 heterocycles. The summed E-state index contributed by atoms with van der Waals surface area (Å²) < 4.78 is 21.9. The molecule has 1 aliphatic rings. The molecular formula is C36H29BO3S. The van der Waals surface area contributed by atoms with E-state index in [2.05, 4.69) is 119 Å². The number of rotatable bonds is 3. The molecule has 1 saturated heterocycles. The Kier molecular flexibility index (Phi) is 5.34. The minimum atomic E-state index is -0.457. The van der Waals surface area contributed by atoms with Crippen molar-refractivity contribution in [2.45, 2.75) is 38.9 Å². The Bertz CT molecular complexity index is 1990. The molecule has 0 amide bonds. The number of furan rings is 1. The minimum absolute atomic E-state index is 0.420. The molecule has 8 rings (SSSR count). The third-order valence-electron chi connectivity index (χ3n) is 8.90. The van der Waals surface area contributed by atoms with Crippen molar-refractivity contribution >= 4 is 66.0 Å². The van der Waals surface area contributed by atoms with Crippen molar-refractivity contribution in [3.63, 3.8) is 0 Å². The zero-order valence-corrected chi connectivity index (χ0v) is 24.3. The van der Waals surface area contributed by atoms with Crippen molar-refractivity contribution in [2.75, 3.05) is 0 Å². The molecule has 0 radical (unpaired) electrons. The Labute approximate surface area is 243 Å². The lowest BCUT2D eigenvalue weighted by molar-refractivity contribution is 0.00578. The van der Waals surface area contributed by atoms with Crippen LogP contribution in [0.5, 0.6) is 0 Å². The van der Waals surface area contributed by atoms with Crippen molar-refractivity contribution < 1.29 is 13.7 Å². The Morgan fingerprint density at radius 1 is 0.512 bits per heavy atom. The SMILES string of the molecule is CC1(C)OB(c2cc(-c3ccc4c(c3)oc3ccccc34)cc(-c3ccc4c(c3)sc3ccccc34)c2)OC1(C)C. The van der Waals surface area contributed by atoms with Crippen molar-refractivity contribution in [2.24, 2.45) is 0 Å². The lowest BCUT2D eigenvalue weighted by Gasteiger charge is -2.32. The molecule has 3 nitrogen and oxygen atoms in total. The second-order valence-electron chi connectivity index (χ2n) is 12.1. The Morgan fingerprint density at radius 3 is 1.85 bits per heavy atom. The summed E-state index contributed by atoms with van der Waals surface area (Å²) in [5, 5.41) is 4.87. The zero-order chi connectivity index (χ0) is 27.9. The van der Waals surface area contributed by atoms with Gasteiger partial charge in [-0.25, -0.2) is 0 Å². The fourth-order valence-corrected chi connectivity index (χ4v) is 7.06. The first-order valence-corrected chi connectivity index (χ1v) is 14.9. The second kappa shape index (κ2) is 8.80. The van der Waals surface area contributed by atoms with E-state index in [-0.39, 0.29) is 0 Å². The Hall–Kier alpha value is -3.90. The van der Waals surface area contributed by atoms with Crippen LogP contribution in [0.25, 0.3) is 64.4 Å². The van der Waals surface area contributed by atoms with Gasteiger partial charge in [-0.05, 0) is 91.8 Å². The van der Waals surface area contributed by atoms with Crippen molar-refractivity contribution in [1.82, 2.24) is 0 Å². The van der Waals surface area contributed by atoms with E-state index in [0.29, 0.717) is 0 Å². The molecule has 2 aromatic heterocycles. The largest absolute Gasteiger partial charge is 0.494 e. The molecule has 7 aromatic rings. The molecule has 0 saturated carbocycles. The third-order valence-corrected chi connectivity index (χ3v) is 10.0. The van der Waals surface area contributed by atoms with Crippen LogP contribution in [0, 0.1) is 0 Å². The van der Waals surface area contributed by atoms with Crippen LogP contribution in [0.3, 0.4) is 0 Å². The average Bonchev–Trinajstić information content (AvgIpc) is 3.60. The van der Waals surface area contributed by atoms with Gasteiger partial charge >= 0.3 is 7.12 Å². The smallest absolute Gasteiger partial charge is 0.456 e. The van der Waals surface area contributed by atoms with Crippen LogP contribution in [0.1, 0.15) is 27.7 Å². The van der Waals surface area contributed by atoms with Crippen molar-refractivity contribution in [1.29, 1.82) is 0 Å². The van der Waals surface area contributed by atoms with Crippen molar-refractivity contribution in [3.05, 3.63) is 103 Å². The number of benzene rings is 5. The molecule has 0 atom stereocenters.